The Balaban J connectivity index is 1.29. The summed E-state index contributed by atoms with van der Waals surface area (Å²) in [5, 5.41) is 2.40. The highest BCUT2D eigenvalue weighted by atomic mass is 32.2. The highest BCUT2D eigenvalue weighted by Crippen LogP contribution is 2.38. The minimum absolute atomic E-state index is 0.0946. The van der Waals surface area contributed by atoms with Crippen LogP contribution in [0, 0.1) is 5.92 Å². The van der Waals surface area contributed by atoms with Gasteiger partial charge in [-0.1, -0.05) is 93.6 Å². The summed E-state index contributed by atoms with van der Waals surface area (Å²) in [5.74, 6) is 0.627. The van der Waals surface area contributed by atoms with Gasteiger partial charge < -0.3 is 14.1 Å². The van der Waals surface area contributed by atoms with Crippen LogP contribution in [-0.4, -0.2) is 46.2 Å². The van der Waals surface area contributed by atoms with Crippen molar-refractivity contribution < 1.29 is 17.6 Å². The van der Waals surface area contributed by atoms with E-state index in [4.69, 9.17) is 14.1 Å². The lowest BCUT2D eigenvalue weighted by Gasteiger charge is -2.43. The largest absolute Gasteiger partial charge is 0.403 e. The average molecular weight is 679 g/mol. The molecular weight excluding hydrogens is 633 g/mol. The van der Waals surface area contributed by atoms with E-state index in [2.05, 4.69) is 105 Å². The molecule has 1 fully saturated rings. The molecule has 0 saturated carbocycles. The molecule has 1 N–H and O–H groups in total. The highest BCUT2D eigenvalue weighted by molar-refractivity contribution is 7.90. The van der Waals surface area contributed by atoms with Gasteiger partial charge in [0.05, 0.1) is 22.9 Å². The predicted octanol–water partition coefficient (Wildman–Crippen LogP) is 7.51. The van der Waals surface area contributed by atoms with Gasteiger partial charge in [0.15, 0.2) is 9.84 Å². The van der Waals surface area contributed by atoms with Crippen LogP contribution in [0.2, 0.25) is 5.04 Å². The summed E-state index contributed by atoms with van der Waals surface area (Å²) >= 11 is 0. The van der Waals surface area contributed by atoms with E-state index in [-0.39, 0.29) is 11.0 Å². The van der Waals surface area contributed by atoms with Gasteiger partial charge in [0.1, 0.15) is 0 Å². The van der Waals surface area contributed by atoms with Gasteiger partial charge in [-0.3, -0.25) is 4.98 Å². The summed E-state index contributed by atoms with van der Waals surface area (Å²) in [5.41, 5.74) is 5.07. The molecule has 0 amide bonds. The second-order valence-electron chi connectivity index (χ2n) is 14.0. The summed E-state index contributed by atoms with van der Waals surface area (Å²) in [6.07, 6.45) is 6.13. The fourth-order valence-corrected chi connectivity index (χ4v) is 12.3. The van der Waals surface area contributed by atoms with Crippen molar-refractivity contribution in [2.45, 2.75) is 62.5 Å². The second-order valence-corrected chi connectivity index (χ2v) is 20.3. The van der Waals surface area contributed by atoms with E-state index in [9.17, 15) is 8.42 Å². The molecular formula is C40H46N2O4SSi. The summed E-state index contributed by atoms with van der Waals surface area (Å²) in [6, 6.07) is 37.2. The molecule has 3 heterocycles. The Kier molecular flexibility index (Phi) is 10.2. The number of rotatable bonds is 11. The standard InChI is InChI=1S/C40H46N2O4SSi/c1-40(2,3)48(34-11-7-5-8-12-34,35-13-9-6-10-14-35)46-29-31-21-24-41-39(28-31)38-20-19-37(42-38)36(27-30-22-25-45-26-23-30)32-15-17-33(18-16-32)47(4,43)44/h5-21,24,28,30,36,42H,22-23,25-27,29H2,1-4H3. The number of nitrogens with one attached hydrogen (secondary N) is 1. The maximum absolute atomic E-state index is 12.1. The predicted molar refractivity (Wildman–Crippen MR) is 196 cm³/mol. The molecule has 6 rings (SSSR count). The minimum Gasteiger partial charge on any atom is -0.403 e. The molecule has 5 aromatic rings. The molecule has 0 radical (unpaired) electrons. The third-order valence-corrected chi connectivity index (χ3v) is 15.8. The van der Waals surface area contributed by atoms with Crippen molar-refractivity contribution in [1.82, 2.24) is 9.97 Å². The SMILES string of the molecule is CC(C)(C)[Si](OCc1ccnc(-c2ccc(C(CC3CCOCC3)c3ccc(S(C)(=O)=O)cc3)[nH]2)c1)(c1ccccc1)c1ccccc1. The van der Waals surface area contributed by atoms with Crippen LogP contribution in [0.5, 0.6) is 0 Å². The molecule has 48 heavy (non-hydrogen) atoms. The Morgan fingerprint density at radius 2 is 1.50 bits per heavy atom. The summed E-state index contributed by atoms with van der Waals surface area (Å²) in [4.78, 5) is 8.79. The van der Waals surface area contributed by atoms with Crippen LogP contribution in [0.3, 0.4) is 0 Å². The molecule has 8 heteroatoms. The van der Waals surface area contributed by atoms with Gasteiger partial charge in [-0.25, -0.2) is 8.42 Å². The third kappa shape index (κ3) is 7.42. The molecule has 1 saturated heterocycles. The van der Waals surface area contributed by atoms with Gasteiger partial charge in [0, 0.05) is 37.3 Å². The van der Waals surface area contributed by atoms with Crippen molar-refractivity contribution in [2.24, 2.45) is 5.92 Å². The Hall–Kier alpha value is -3.82. The van der Waals surface area contributed by atoms with Crippen molar-refractivity contribution in [1.29, 1.82) is 0 Å². The molecule has 6 nitrogen and oxygen atoms in total. The number of H-pyrrole nitrogens is 1. The van der Waals surface area contributed by atoms with E-state index in [1.54, 1.807) is 12.1 Å². The smallest absolute Gasteiger partial charge is 0.261 e. The van der Waals surface area contributed by atoms with E-state index in [1.165, 1.54) is 16.6 Å². The molecule has 1 aliphatic rings. The Morgan fingerprint density at radius 3 is 2.08 bits per heavy atom. The number of ether oxygens (including phenoxy) is 1. The topological polar surface area (TPSA) is 81.3 Å². The van der Waals surface area contributed by atoms with Crippen LogP contribution in [0.25, 0.3) is 11.4 Å². The molecule has 2 aromatic heterocycles. The van der Waals surface area contributed by atoms with Crippen LogP contribution in [0.1, 0.15) is 62.8 Å². The fourth-order valence-electron chi connectivity index (χ4n) is 7.13. The number of aromatic nitrogens is 2. The fraction of sp³-hybridized carbons (Fsp3) is 0.325. The number of hydrogen-bond acceptors (Lipinski definition) is 5. The number of pyridine rings is 1. The first kappa shape index (κ1) is 34.1. The van der Waals surface area contributed by atoms with Crippen molar-refractivity contribution >= 4 is 28.5 Å². The zero-order valence-corrected chi connectivity index (χ0v) is 30.2. The lowest BCUT2D eigenvalue weighted by Crippen LogP contribution is -2.66. The van der Waals surface area contributed by atoms with Gasteiger partial charge >= 0.3 is 0 Å². The van der Waals surface area contributed by atoms with Gasteiger partial charge in [-0.05, 0) is 88.1 Å². The molecule has 0 spiro atoms. The zero-order valence-electron chi connectivity index (χ0n) is 28.4. The zero-order chi connectivity index (χ0) is 33.8. The Morgan fingerprint density at radius 1 is 0.875 bits per heavy atom. The molecule has 3 aromatic carbocycles. The molecule has 250 valence electrons. The molecule has 0 bridgehead atoms. The van der Waals surface area contributed by atoms with Crippen LogP contribution < -0.4 is 10.4 Å². The van der Waals surface area contributed by atoms with Gasteiger partial charge in [0.2, 0.25) is 0 Å². The summed E-state index contributed by atoms with van der Waals surface area (Å²) in [7, 11) is -5.96. The maximum Gasteiger partial charge on any atom is 0.261 e. The second kappa shape index (κ2) is 14.3. The van der Waals surface area contributed by atoms with Crippen LogP contribution in [0.4, 0.5) is 0 Å². The third-order valence-electron chi connectivity index (χ3n) is 9.68. The molecule has 1 aliphatic heterocycles. The monoisotopic (exact) mass is 678 g/mol. The first-order valence-electron chi connectivity index (χ1n) is 16.8. The minimum atomic E-state index is -3.27. The van der Waals surface area contributed by atoms with E-state index in [1.807, 2.05) is 24.4 Å². The van der Waals surface area contributed by atoms with E-state index >= 15 is 0 Å². The van der Waals surface area contributed by atoms with Crippen molar-refractivity contribution in [3.8, 4) is 11.4 Å². The first-order chi connectivity index (χ1) is 23.0. The number of sulfone groups is 1. The van der Waals surface area contributed by atoms with E-state index < -0.39 is 18.2 Å². The normalized spacial score (nSPS) is 15.3. The van der Waals surface area contributed by atoms with Crippen LogP contribution >= 0.6 is 0 Å². The molecule has 1 unspecified atom stereocenters. The Labute approximate surface area is 286 Å². The summed E-state index contributed by atoms with van der Waals surface area (Å²) < 4.78 is 37.1. The quantitative estimate of drug-likeness (QED) is 0.146. The van der Waals surface area contributed by atoms with Gasteiger partial charge in [0.25, 0.3) is 8.32 Å². The first-order valence-corrected chi connectivity index (χ1v) is 20.6. The number of hydrogen-bond donors (Lipinski definition) is 1. The van der Waals surface area contributed by atoms with E-state index in [0.29, 0.717) is 17.4 Å². The maximum atomic E-state index is 12.1. The van der Waals surface area contributed by atoms with Crippen LogP contribution in [-0.2, 0) is 25.6 Å². The van der Waals surface area contributed by atoms with Crippen molar-refractivity contribution in [3.63, 3.8) is 0 Å². The number of aromatic amines is 1. The van der Waals surface area contributed by atoms with Crippen molar-refractivity contribution in [3.05, 3.63) is 132 Å². The average Bonchev–Trinajstić information content (AvgIpc) is 3.58. The number of nitrogens with zero attached hydrogens (tertiary/aromatic N) is 1. The molecule has 1 atom stereocenters. The molecule has 0 aliphatic carbocycles. The van der Waals surface area contributed by atoms with Gasteiger partial charge in [-0.2, -0.15) is 0 Å². The van der Waals surface area contributed by atoms with E-state index in [0.717, 1.165) is 60.7 Å². The number of benzene rings is 3. The lowest BCUT2D eigenvalue weighted by molar-refractivity contribution is 0.0626. The van der Waals surface area contributed by atoms with Crippen LogP contribution in [0.15, 0.2) is 120 Å². The summed E-state index contributed by atoms with van der Waals surface area (Å²) in [6.45, 7) is 8.92. The Bertz CT molecular complexity index is 1860. The van der Waals surface area contributed by atoms with Crippen molar-refractivity contribution in [2.75, 3.05) is 19.5 Å². The lowest BCUT2D eigenvalue weighted by atomic mass is 9.83. The van der Waals surface area contributed by atoms with Gasteiger partial charge in [-0.15, -0.1) is 0 Å². The highest BCUT2D eigenvalue weighted by Gasteiger charge is 2.50.